The summed E-state index contributed by atoms with van der Waals surface area (Å²) in [4.78, 5) is 22.3. The number of pyridine rings is 1. The van der Waals surface area contributed by atoms with Crippen LogP contribution in [0.2, 0.25) is 0 Å². The maximum atomic E-state index is 11.6. The van der Waals surface area contributed by atoms with E-state index in [1.54, 1.807) is 11.1 Å². The summed E-state index contributed by atoms with van der Waals surface area (Å²) < 4.78 is 15.9. The fourth-order valence-corrected chi connectivity index (χ4v) is 3.54. The Labute approximate surface area is 151 Å². The lowest BCUT2D eigenvalue weighted by Gasteiger charge is -2.29. The quantitative estimate of drug-likeness (QED) is 0.833. The number of nitrogens with zero attached hydrogens (tertiary/aromatic N) is 4. The summed E-state index contributed by atoms with van der Waals surface area (Å²) in [5.41, 5.74) is 1.77. The van der Waals surface area contributed by atoms with Crippen molar-refractivity contribution in [2.45, 2.75) is 37.7 Å². The van der Waals surface area contributed by atoms with Gasteiger partial charge in [0.1, 0.15) is 0 Å². The molecule has 4 rings (SSSR count). The van der Waals surface area contributed by atoms with Crippen molar-refractivity contribution in [1.29, 1.82) is 0 Å². The molecule has 2 saturated heterocycles. The van der Waals surface area contributed by atoms with Crippen LogP contribution in [0.3, 0.4) is 0 Å². The van der Waals surface area contributed by atoms with Crippen molar-refractivity contribution in [1.82, 2.24) is 20.0 Å². The first-order valence-corrected chi connectivity index (χ1v) is 8.99. The van der Waals surface area contributed by atoms with Crippen molar-refractivity contribution in [2.75, 3.05) is 26.8 Å². The Bertz CT molecular complexity index is 764. The number of hydrogen-bond acceptors (Lipinski definition) is 7. The first kappa shape index (κ1) is 17.0. The molecule has 2 fully saturated rings. The molecule has 0 saturated carbocycles. The van der Waals surface area contributed by atoms with Gasteiger partial charge in [-0.2, -0.15) is 4.98 Å². The van der Waals surface area contributed by atoms with Crippen molar-refractivity contribution in [3.8, 4) is 11.5 Å². The van der Waals surface area contributed by atoms with Crippen LogP contribution in [-0.4, -0.2) is 52.9 Å². The van der Waals surface area contributed by atoms with E-state index in [0.717, 1.165) is 43.5 Å². The summed E-state index contributed by atoms with van der Waals surface area (Å²) in [6, 6.07) is 3.84. The summed E-state index contributed by atoms with van der Waals surface area (Å²) in [6.07, 6.45) is 5.17. The second kappa shape index (κ2) is 7.41. The number of likely N-dealkylation sites (tertiary alicyclic amines) is 1. The Morgan fingerprint density at radius 2 is 2.15 bits per heavy atom. The summed E-state index contributed by atoms with van der Waals surface area (Å²) in [6.45, 7) is 2.06. The molecule has 2 aliphatic heterocycles. The molecule has 1 unspecified atom stereocenters. The third-order valence-electron chi connectivity index (χ3n) is 5.02. The first-order valence-electron chi connectivity index (χ1n) is 8.99. The van der Waals surface area contributed by atoms with E-state index < -0.39 is 0 Å². The van der Waals surface area contributed by atoms with Crippen molar-refractivity contribution in [3.63, 3.8) is 0 Å². The number of methoxy groups -OCH3 is 1. The third kappa shape index (κ3) is 3.41. The molecule has 8 heteroatoms. The van der Waals surface area contributed by atoms with Crippen LogP contribution in [0, 0.1) is 0 Å². The van der Waals surface area contributed by atoms with Crippen LogP contribution in [0.1, 0.15) is 49.2 Å². The molecule has 8 nitrogen and oxygen atoms in total. The Morgan fingerprint density at radius 1 is 1.31 bits per heavy atom. The molecule has 26 heavy (non-hydrogen) atoms. The summed E-state index contributed by atoms with van der Waals surface area (Å²) in [5.74, 6) is 1.38. The molecular formula is C18H22N4O4. The molecule has 138 valence electrons. The minimum atomic E-state index is -0.282. The van der Waals surface area contributed by atoms with E-state index in [2.05, 4.69) is 15.1 Å². The van der Waals surface area contributed by atoms with Crippen LogP contribution >= 0.6 is 0 Å². The van der Waals surface area contributed by atoms with Gasteiger partial charge in [-0.05, 0) is 37.8 Å². The second-order valence-electron chi connectivity index (χ2n) is 6.66. The lowest BCUT2D eigenvalue weighted by Crippen LogP contribution is -2.37. The Balaban J connectivity index is 1.45. The second-order valence-corrected chi connectivity index (χ2v) is 6.66. The van der Waals surface area contributed by atoms with E-state index in [-0.39, 0.29) is 18.1 Å². The van der Waals surface area contributed by atoms with E-state index in [0.29, 0.717) is 24.8 Å². The zero-order valence-electron chi connectivity index (χ0n) is 14.8. The maximum Gasteiger partial charge on any atom is 0.409 e. The fourth-order valence-electron chi connectivity index (χ4n) is 3.54. The monoisotopic (exact) mass is 358 g/mol. The van der Waals surface area contributed by atoms with E-state index in [1.807, 2.05) is 12.1 Å². The molecular weight excluding hydrogens is 336 g/mol. The van der Waals surface area contributed by atoms with Crippen molar-refractivity contribution in [2.24, 2.45) is 0 Å². The molecule has 0 N–H and O–H groups in total. The summed E-state index contributed by atoms with van der Waals surface area (Å²) >= 11 is 0. The van der Waals surface area contributed by atoms with Crippen molar-refractivity contribution >= 4 is 6.09 Å². The Kier molecular flexibility index (Phi) is 4.83. The average Bonchev–Trinajstić information content (AvgIpc) is 3.40. The van der Waals surface area contributed by atoms with Crippen LogP contribution < -0.4 is 0 Å². The molecule has 4 heterocycles. The number of amides is 1. The van der Waals surface area contributed by atoms with Crippen LogP contribution in [0.4, 0.5) is 4.79 Å². The first-order chi connectivity index (χ1) is 12.7. The highest BCUT2D eigenvalue weighted by Crippen LogP contribution is 2.31. The average molecular weight is 358 g/mol. The number of aromatic nitrogens is 3. The molecule has 0 spiro atoms. The molecule has 0 bridgehead atoms. The van der Waals surface area contributed by atoms with E-state index in [9.17, 15) is 4.79 Å². The Hall–Kier alpha value is -2.48. The van der Waals surface area contributed by atoms with Gasteiger partial charge in [-0.25, -0.2) is 4.79 Å². The molecule has 2 aromatic heterocycles. The van der Waals surface area contributed by atoms with Gasteiger partial charge < -0.3 is 18.9 Å². The van der Waals surface area contributed by atoms with Gasteiger partial charge in [0.15, 0.2) is 5.82 Å². The summed E-state index contributed by atoms with van der Waals surface area (Å²) in [7, 11) is 1.40. The molecule has 0 aromatic carbocycles. The number of piperidine rings is 1. The summed E-state index contributed by atoms with van der Waals surface area (Å²) in [5, 5.41) is 4.16. The zero-order chi connectivity index (χ0) is 17.9. The predicted molar refractivity (Wildman–Crippen MR) is 91.4 cm³/mol. The van der Waals surface area contributed by atoms with Gasteiger partial charge in [-0.1, -0.05) is 5.16 Å². The van der Waals surface area contributed by atoms with Gasteiger partial charge in [-0.15, -0.1) is 0 Å². The number of carbonyl (C=O) groups is 1. The fraction of sp³-hybridized carbons (Fsp3) is 0.556. The van der Waals surface area contributed by atoms with Crippen molar-refractivity contribution < 1.29 is 18.8 Å². The van der Waals surface area contributed by atoms with Gasteiger partial charge in [0.05, 0.1) is 18.9 Å². The third-order valence-corrected chi connectivity index (χ3v) is 5.02. The smallest absolute Gasteiger partial charge is 0.409 e. The van der Waals surface area contributed by atoms with Gasteiger partial charge >= 0.3 is 6.09 Å². The molecule has 1 atom stereocenters. The number of rotatable bonds is 3. The number of ether oxygens (including phenoxy) is 2. The SMILES string of the molecule is COC(=O)N1CCC(c2noc(-c3ccnc(C4CCCO4)c3)n2)CC1. The predicted octanol–water partition coefficient (Wildman–Crippen LogP) is 2.93. The van der Waals surface area contributed by atoms with Gasteiger partial charge in [0.2, 0.25) is 0 Å². The lowest BCUT2D eigenvalue weighted by atomic mass is 9.96. The van der Waals surface area contributed by atoms with Crippen LogP contribution in [0.5, 0.6) is 0 Å². The molecule has 0 aliphatic carbocycles. The minimum absolute atomic E-state index is 0.0555. The standard InChI is InChI=1S/C18H22N4O4/c1-24-18(23)22-8-5-12(6-9-22)16-20-17(26-21-16)13-4-7-19-14(11-13)15-3-2-10-25-15/h4,7,11-12,15H,2-3,5-6,8-10H2,1H3. The topological polar surface area (TPSA) is 90.6 Å². The zero-order valence-corrected chi connectivity index (χ0v) is 14.8. The van der Waals surface area contributed by atoms with Crippen LogP contribution in [0.15, 0.2) is 22.9 Å². The lowest BCUT2D eigenvalue weighted by molar-refractivity contribution is 0.108. The highest BCUT2D eigenvalue weighted by Gasteiger charge is 2.28. The van der Waals surface area contributed by atoms with Gasteiger partial charge in [0, 0.05) is 37.4 Å². The van der Waals surface area contributed by atoms with Crippen LogP contribution in [0.25, 0.3) is 11.5 Å². The highest BCUT2D eigenvalue weighted by molar-refractivity contribution is 5.67. The van der Waals surface area contributed by atoms with E-state index >= 15 is 0 Å². The number of carbonyl (C=O) groups excluding carboxylic acids is 1. The van der Waals surface area contributed by atoms with E-state index in [1.165, 1.54) is 7.11 Å². The largest absolute Gasteiger partial charge is 0.453 e. The molecule has 2 aromatic rings. The maximum absolute atomic E-state index is 11.6. The normalized spacial score (nSPS) is 21.1. The van der Waals surface area contributed by atoms with Crippen LogP contribution in [-0.2, 0) is 9.47 Å². The molecule has 1 amide bonds. The minimum Gasteiger partial charge on any atom is -0.453 e. The van der Waals surface area contributed by atoms with Crippen molar-refractivity contribution in [3.05, 3.63) is 29.8 Å². The Morgan fingerprint density at radius 3 is 2.88 bits per heavy atom. The molecule has 0 radical (unpaired) electrons. The highest BCUT2D eigenvalue weighted by atomic mass is 16.5. The van der Waals surface area contributed by atoms with Gasteiger partial charge in [0.25, 0.3) is 5.89 Å². The van der Waals surface area contributed by atoms with E-state index in [4.69, 9.17) is 14.0 Å². The number of hydrogen-bond donors (Lipinski definition) is 0. The molecule has 2 aliphatic rings. The van der Waals surface area contributed by atoms with Gasteiger partial charge in [-0.3, -0.25) is 4.98 Å².